The molecule has 0 saturated heterocycles. The van der Waals surface area contributed by atoms with Gasteiger partial charge in [-0.2, -0.15) is 0 Å². The Morgan fingerprint density at radius 2 is 1.52 bits per heavy atom. The summed E-state index contributed by atoms with van der Waals surface area (Å²) in [6.07, 6.45) is 0. The number of halogens is 6. The number of carbonyl (C=O) groups excluding carboxylic acids is 1. The number of allylic oxidation sites excluding steroid dienone is 2. The fourth-order valence-electron chi connectivity index (χ4n) is 3.79. The van der Waals surface area contributed by atoms with Gasteiger partial charge in [-0.3, -0.25) is 9.59 Å². The molecular formula is C17H13Cl6NO3. The summed E-state index contributed by atoms with van der Waals surface area (Å²) in [5.74, 6) is -5.19. The van der Waals surface area contributed by atoms with Crippen LogP contribution < -0.4 is 5.32 Å². The molecule has 1 amide bonds. The Labute approximate surface area is 185 Å². The van der Waals surface area contributed by atoms with Crippen LogP contribution in [0, 0.1) is 25.7 Å². The smallest absolute Gasteiger partial charge is 0.309 e. The lowest BCUT2D eigenvalue weighted by Gasteiger charge is -2.33. The van der Waals surface area contributed by atoms with Crippen molar-refractivity contribution in [3.8, 4) is 0 Å². The van der Waals surface area contributed by atoms with E-state index in [1.54, 1.807) is 19.1 Å². The number of nitrogens with one attached hydrogen (secondary N) is 1. The Hall–Kier alpha value is -0.360. The molecule has 2 aliphatic rings. The van der Waals surface area contributed by atoms with Crippen LogP contribution in [0.5, 0.6) is 0 Å². The second-order valence-corrected chi connectivity index (χ2v) is 10.0. The first-order chi connectivity index (χ1) is 12.3. The lowest BCUT2D eigenvalue weighted by molar-refractivity contribution is -0.146. The number of rotatable bonds is 3. The third-order valence-electron chi connectivity index (χ3n) is 5.12. The summed E-state index contributed by atoms with van der Waals surface area (Å²) in [5.41, 5.74) is 2.27. The number of benzene rings is 1. The molecule has 0 unspecified atom stereocenters. The molecule has 27 heavy (non-hydrogen) atoms. The number of carbonyl (C=O) groups is 2. The molecule has 4 nitrogen and oxygen atoms in total. The van der Waals surface area contributed by atoms with Crippen molar-refractivity contribution in [2.24, 2.45) is 11.8 Å². The van der Waals surface area contributed by atoms with Crippen LogP contribution in [0.2, 0.25) is 0 Å². The van der Waals surface area contributed by atoms with E-state index in [2.05, 4.69) is 5.32 Å². The van der Waals surface area contributed by atoms with Gasteiger partial charge in [-0.1, -0.05) is 64.1 Å². The third kappa shape index (κ3) is 2.57. The first kappa shape index (κ1) is 21.4. The SMILES string of the molecule is Cc1ccc(NC(=O)[C@H]2[C@H](C(=O)O)[C@]3(Cl)C(Cl)=C(Cl)[C@]2(Cl)C3(Cl)Cl)c(C)c1. The van der Waals surface area contributed by atoms with Crippen LogP contribution in [0.25, 0.3) is 0 Å². The van der Waals surface area contributed by atoms with Crippen molar-refractivity contribution >= 4 is 87.2 Å². The number of aliphatic carboxylic acids is 1. The van der Waals surface area contributed by atoms with Crippen LogP contribution in [-0.2, 0) is 9.59 Å². The van der Waals surface area contributed by atoms with E-state index in [0.717, 1.165) is 11.1 Å². The van der Waals surface area contributed by atoms with Crippen molar-refractivity contribution in [2.45, 2.75) is 27.9 Å². The fourth-order valence-corrected chi connectivity index (χ4v) is 6.73. The van der Waals surface area contributed by atoms with Crippen LogP contribution >= 0.6 is 69.6 Å². The topological polar surface area (TPSA) is 66.4 Å². The molecule has 1 aromatic rings. The van der Waals surface area contributed by atoms with Crippen molar-refractivity contribution in [2.75, 3.05) is 5.32 Å². The Morgan fingerprint density at radius 1 is 1.00 bits per heavy atom. The van der Waals surface area contributed by atoms with Gasteiger partial charge in [-0.05, 0) is 25.5 Å². The lowest BCUT2D eigenvalue weighted by Crippen LogP contribution is -2.47. The second kappa shape index (κ2) is 6.58. The molecule has 2 N–H and O–H groups in total. The maximum Gasteiger partial charge on any atom is 0.309 e. The van der Waals surface area contributed by atoms with E-state index in [-0.39, 0.29) is 10.1 Å². The lowest BCUT2D eigenvalue weighted by atomic mass is 9.81. The van der Waals surface area contributed by atoms with E-state index >= 15 is 0 Å². The largest absolute Gasteiger partial charge is 0.481 e. The molecule has 0 aliphatic heterocycles. The Morgan fingerprint density at radius 3 is 2.00 bits per heavy atom. The number of fused-ring (bicyclic) bond motifs is 2. The molecule has 0 heterocycles. The Balaban J connectivity index is 2.11. The zero-order valence-electron chi connectivity index (χ0n) is 13.9. The molecule has 10 heteroatoms. The van der Waals surface area contributed by atoms with Gasteiger partial charge in [0.1, 0.15) is 9.75 Å². The number of hydrogen-bond donors (Lipinski definition) is 2. The number of alkyl halides is 4. The minimum Gasteiger partial charge on any atom is -0.481 e. The molecule has 2 bridgehead atoms. The molecule has 1 aromatic carbocycles. The monoisotopic (exact) mass is 489 g/mol. The molecular weight excluding hydrogens is 479 g/mol. The quantitative estimate of drug-likeness (QED) is 0.556. The fraction of sp³-hybridized carbons (Fsp3) is 0.412. The van der Waals surface area contributed by atoms with Gasteiger partial charge in [0, 0.05) is 5.69 Å². The standard InChI is InChI=1S/C17H13Cl6NO3/c1-6-3-4-8(7(2)5-6)24-13(25)9-10(14(26)27)16(21)12(19)11(18)15(9,20)17(16,22)23/h3-5,9-10H,1-2H3,(H,24,25)(H,26,27)/t9-,10-,15+,16+/m1/s1. The van der Waals surface area contributed by atoms with Crippen molar-refractivity contribution in [1.29, 1.82) is 0 Å². The van der Waals surface area contributed by atoms with Gasteiger partial charge in [-0.25, -0.2) is 0 Å². The minimum absolute atomic E-state index is 0.232. The highest BCUT2D eigenvalue weighted by molar-refractivity contribution is 6.66. The summed E-state index contributed by atoms with van der Waals surface area (Å²) in [7, 11) is 0. The molecule has 0 radical (unpaired) electrons. The number of aryl methyl sites for hydroxylation is 2. The summed E-state index contributed by atoms with van der Waals surface area (Å²) in [6, 6.07) is 5.36. The highest BCUT2D eigenvalue weighted by Gasteiger charge is 2.85. The molecule has 0 spiro atoms. The highest BCUT2D eigenvalue weighted by Crippen LogP contribution is 2.76. The van der Waals surface area contributed by atoms with E-state index in [9.17, 15) is 14.7 Å². The highest BCUT2D eigenvalue weighted by atomic mass is 35.5. The minimum atomic E-state index is -2.12. The molecule has 0 aromatic heterocycles. The summed E-state index contributed by atoms with van der Waals surface area (Å²) in [4.78, 5) is 21.0. The number of amides is 1. The maximum absolute atomic E-state index is 13.1. The van der Waals surface area contributed by atoms with Crippen LogP contribution in [0.3, 0.4) is 0 Å². The predicted molar refractivity (Wildman–Crippen MR) is 109 cm³/mol. The Bertz CT molecular complexity index is 901. The molecule has 4 atom stereocenters. The van der Waals surface area contributed by atoms with Crippen molar-refractivity contribution in [3.05, 3.63) is 39.4 Å². The van der Waals surface area contributed by atoms with Gasteiger partial charge in [0.2, 0.25) is 5.91 Å². The first-order valence-corrected chi connectivity index (χ1v) is 10.0. The summed E-state index contributed by atoms with van der Waals surface area (Å²) >= 11 is 38.3. The summed E-state index contributed by atoms with van der Waals surface area (Å²) in [6.45, 7) is 3.71. The van der Waals surface area contributed by atoms with E-state index in [1.165, 1.54) is 0 Å². The van der Waals surface area contributed by atoms with Crippen molar-refractivity contribution in [3.63, 3.8) is 0 Å². The summed E-state index contributed by atoms with van der Waals surface area (Å²) < 4.78 is -2.12. The Kier molecular flexibility index (Phi) is 5.20. The van der Waals surface area contributed by atoms with Gasteiger partial charge < -0.3 is 10.4 Å². The van der Waals surface area contributed by atoms with Crippen LogP contribution in [-0.4, -0.2) is 31.1 Å². The van der Waals surface area contributed by atoms with Gasteiger partial charge in [0.05, 0.1) is 21.9 Å². The number of hydrogen-bond acceptors (Lipinski definition) is 2. The molecule has 3 rings (SSSR count). The average molecular weight is 492 g/mol. The van der Waals surface area contributed by atoms with Gasteiger partial charge >= 0.3 is 5.97 Å². The predicted octanol–water partition coefficient (Wildman–Crippen LogP) is 5.40. The van der Waals surface area contributed by atoms with E-state index in [0.29, 0.717) is 5.69 Å². The molecule has 2 aliphatic carbocycles. The number of carboxylic acid groups (broad SMARTS) is 1. The van der Waals surface area contributed by atoms with Crippen molar-refractivity contribution in [1.82, 2.24) is 0 Å². The van der Waals surface area contributed by atoms with Gasteiger partial charge in [-0.15, -0.1) is 23.2 Å². The summed E-state index contributed by atoms with van der Waals surface area (Å²) in [5, 5.41) is 11.9. The van der Waals surface area contributed by atoms with Gasteiger partial charge in [0.15, 0.2) is 4.33 Å². The normalized spacial score (nSPS) is 34.1. The zero-order chi connectivity index (χ0) is 20.5. The molecule has 1 fully saturated rings. The molecule has 146 valence electrons. The maximum atomic E-state index is 13.1. The van der Waals surface area contributed by atoms with Gasteiger partial charge in [0.25, 0.3) is 0 Å². The van der Waals surface area contributed by atoms with Crippen molar-refractivity contribution < 1.29 is 14.7 Å². The van der Waals surface area contributed by atoms with E-state index in [1.807, 2.05) is 13.0 Å². The second-order valence-electron chi connectivity index (χ2n) is 6.73. The third-order valence-corrected chi connectivity index (χ3v) is 9.38. The number of carboxylic acids is 1. The average Bonchev–Trinajstić information content (AvgIpc) is 2.77. The van der Waals surface area contributed by atoms with Crippen LogP contribution in [0.1, 0.15) is 11.1 Å². The zero-order valence-corrected chi connectivity index (χ0v) is 18.5. The van der Waals surface area contributed by atoms with E-state index < -0.39 is 37.8 Å². The number of anilines is 1. The molecule has 1 saturated carbocycles. The van der Waals surface area contributed by atoms with E-state index in [4.69, 9.17) is 69.6 Å². The van der Waals surface area contributed by atoms with Crippen LogP contribution in [0.4, 0.5) is 5.69 Å². The van der Waals surface area contributed by atoms with Crippen LogP contribution in [0.15, 0.2) is 28.3 Å². The first-order valence-electron chi connectivity index (χ1n) is 7.74.